The number of nitrogens with zero attached hydrogens (tertiary/aromatic N) is 2. The Kier molecular flexibility index (Phi) is 7.97. The number of phenolic OH excluding ortho intramolecular Hbond substituents is 1. The van der Waals surface area contributed by atoms with Crippen molar-refractivity contribution < 1.29 is 22.2 Å². The number of rotatable bonds is 3. The van der Waals surface area contributed by atoms with E-state index in [9.17, 15) is 5.11 Å². The molecule has 1 heterocycles. The van der Waals surface area contributed by atoms with Crippen molar-refractivity contribution in [1.82, 2.24) is 9.78 Å². The summed E-state index contributed by atoms with van der Waals surface area (Å²) in [6.07, 6.45) is 18.1. The van der Waals surface area contributed by atoms with Gasteiger partial charge in [0.25, 0.3) is 0 Å². The van der Waals surface area contributed by atoms with Crippen LogP contribution in [0.5, 0.6) is 5.75 Å². The zero-order valence-electron chi connectivity index (χ0n) is 15.7. The number of para-hydroxylation sites is 1. The van der Waals surface area contributed by atoms with Gasteiger partial charge in [-0.15, -0.1) is 0 Å². The Balaban J connectivity index is 0.000000352. The van der Waals surface area contributed by atoms with Gasteiger partial charge in [0.15, 0.2) is 0 Å². The van der Waals surface area contributed by atoms with Gasteiger partial charge in [-0.2, -0.15) is 5.10 Å². The Morgan fingerprint density at radius 1 is 0.690 bits per heavy atom. The molecule has 3 nitrogen and oxygen atoms in total. The second kappa shape index (κ2) is 10.7. The maximum Gasteiger partial charge on any atom is 2.00 e. The van der Waals surface area contributed by atoms with Crippen LogP contribution in [0.15, 0.2) is 60.7 Å². The van der Waals surface area contributed by atoms with Gasteiger partial charge in [0.1, 0.15) is 5.75 Å². The number of aromatic nitrogens is 2. The van der Waals surface area contributed by atoms with E-state index in [0.29, 0.717) is 0 Å². The number of phenols is 1. The fourth-order valence-electron chi connectivity index (χ4n) is 2.99. The SMILES string of the molecule is Oc1ccc(-c2cc([C]3[CH][CH][CH][CH]3)nn2-c2ccccc2)cc1.[CH]1[CH][CH][CH][CH]1.[Fe+2]. The average molecular weight is 420 g/mol. The van der Waals surface area contributed by atoms with Crippen LogP contribution >= 0.6 is 0 Å². The smallest absolute Gasteiger partial charge is 0.508 e. The van der Waals surface area contributed by atoms with Gasteiger partial charge < -0.3 is 5.11 Å². The Labute approximate surface area is 184 Å². The van der Waals surface area contributed by atoms with Gasteiger partial charge in [-0.05, 0) is 100 Å². The third-order valence-corrected chi connectivity index (χ3v) is 4.39. The van der Waals surface area contributed by atoms with Crippen LogP contribution < -0.4 is 0 Å². The Morgan fingerprint density at radius 3 is 1.86 bits per heavy atom. The molecule has 2 aliphatic carbocycles. The third kappa shape index (κ3) is 5.52. The minimum atomic E-state index is 0. The first kappa shape index (κ1) is 21.7. The van der Waals surface area contributed by atoms with Crippen molar-refractivity contribution in [3.05, 3.63) is 130 Å². The molecular weight excluding hydrogens is 400 g/mol. The number of hydrogen-bond acceptors (Lipinski definition) is 2. The quantitative estimate of drug-likeness (QED) is 0.605. The van der Waals surface area contributed by atoms with Crippen LogP contribution in [-0.4, -0.2) is 14.9 Å². The molecule has 1 N–H and O–H groups in total. The Hall–Kier alpha value is -2.03. The molecule has 3 aromatic rings. The molecule has 0 unspecified atom stereocenters. The number of aromatic hydroxyl groups is 1. The summed E-state index contributed by atoms with van der Waals surface area (Å²) in [6.45, 7) is 0. The van der Waals surface area contributed by atoms with Gasteiger partial charge in [-0.1, -0.05) is 18.2 Å². The molecular formula is C25H20FeN2O+2. The summed E-state index contributed by atoms with van der Waals surface area (Å²) < 4.78 is 1.94. The predicted molar refractivity (Wildman–Crippen MR) is 112 cm³/mol. The fraction of sp³-hybridized carbons (Fsp3) is 0. The molecule has 0 amide bonds. The van der Waals surface area contributed by atoms with E-state index in [0.717, 1.165) is 28.6 Å². The first-order valence-corrected chi connectivity index (χ1v) is 9.15. The van der Waals surface area contributed by atoms with E-state index in [1.54, 1.807) is 12.1 Å². The van der Waals surface area contributed by atoms with E-state index >= 15 is 0 Å². The molecule has 2 aliphatic rings. The van der Waals surface area contributed by atoms with E-state index in [2.05, 4.69) is 18.9 Å². The Morgan fingerprint density at radius 2 is 1.28 bits per heavy atom. The number of benzene rings is 2. The van der Waals surface area contributed by atoms with Crippen LogP contribution in [0, 0.1) is 63.7 Å². The summed E-state index contributed by atoms with van der Waals surface area (Å²) in [5.74, 6) is 1.36. The molecule has 1 aromatic heterocycles. The first-order chi connectivity index (χ1) is 13.8. The summed E-state index contributed by atoms with van der Waals surface area (Å²) in [4.78, 5) is 0. The molecule has 0 bridgehead atoms. The van der Waals surface area contributed by atoms with Crippen LogP contribution in [-0.2, 0) is 17.1 Å². The van der Waals surface area contributed by atoms with Crippen LogP contribution in [0.25, 0.3) is 16.9 Å². The largest absolute Gasteiger partial charge is 2.00 e. The van der Waals surface area contributed by atoms with Crippen molar-refractivity contribution in [3.63, 3.8) is 0 Å². The molecule has 0 spiro atoms. The van der Waals surface area contributed by atoms with Gasteiger partial charge in [-0.3, -0.25) is 0 Å². The van der Waals surface area contributed by atoms with E-state index in [1.807, 2.05) is 92.1 Å². The molecule has 2 saturated carbocycles. The van der Waals surface area contributed by atoms with Gasteiger partial charge in [0.05, 0.1) is 17.1 Å². The van der Waals surface area contributed by atoms with Crippen molar-refractivity contribution in [2.24, 2.45) is 0 Å². The van der Waals surface area contributed by atoms with Crippen LogP contribution in [0.4, 0.5) is 0 Å². The molecule has 0 saturated heterocycles. The minimum absolute atomic E-state index is 0. The fourth-order valence-corrected chi connectivity index (χ4v) is 2.99. The molecule has 142 valence electrons. The van der Waals surface area contributed by atoms with Crippen molar-refractivity contribution >= 4 is 0 Å². The summed E-state index contributed by atoms with van der Waals surface area (Å²) in [5, 5.41) is 14.3. The van der Waals surface area contributed by atoms with E-state index in [1.165, 1.54) is 0 Å². The van der Waals surface area contributed by atoms with Gasteiger partial charge in [-0.25, -0.2) is 4.68 Å². The summed E-state index contributed by atoms with van der Waals surface area (Å²) in [6, 6.07) is 19.3. The van der Waals surface area contributed by atoms with Gasteiger partial charge in [0.2, 0.25) is 0 Å². The van der Waals surface area contributed by atoms with Gasteiger partial charge >= 0.3 is 17.1 Å². The molecule has 2 fully saturated rings. The molecule has 0 aliphatic heterocycles. The van der Waals surface area contributed by atoms with Gasteiger partial charge in [0, 0.05) is 11.5 Å². The second-order valence-corrected chi connectivity index (χ2v) is 6.34. The normalized spacial score (nSPS) is 16.1. The summed E-state index contributed by atoms with van der Waals surface area (Å²) in [5.41, 5.74) is 3.94. The van der Waals surface area contributed by atoms with Crippen molar-refractivity contribution in [1.29, 1.82) is 0 Å². The van der Waals surface area contributed by atoms with E-state index < -0.39 is 0 Å². The first-order valence-electron chi connectivity index (χ1n) is 9.15. The summed E-state index contributed by atoms with van der Waals surface area (Å²) in [7, 11) is 0. The monoisotopic (exact) mass is 420 g/mol. The average Bonchev–Trinajstić information content (AvgIpc) is 3.52. The standard InChI is InChI=1S/C20H15N2O.C5H5.Fe/c23-18-12-10-16(11-13-18)20-14-19(15-6-4-5-7-15)21-22(20)17-8-2-1-3-9-17;1-2-4-5-3-1;/h1-14,23H;1-5H;/q;;+2. The van der Waals surface area contributed by atoms with Crippen LogP contribution in [0.2, 0.25) is 0 Å². The molecule has 4 heteroatoms. The predicted octanol–water partition coefficient (Wildman–Crippen LogP) is 5.02. The van der Waals surface area contributed by atoms with Crippen molar-refractivity contribution in [2.75, 3.05) is 0 Å². The molecule has 10 radical (unpaired) electrons. The topological polar surface area (TPSA) is 38.1 Å². The maximum absolute atomic E-state index is 9.52. The van der Waals surface area contributed by atoms with Crippen molar-refractivity contribution in [2.45, 2.75) is 0 Å². The molecule has 5 rings (SSSR count). The van der Waals surface area contributed by atoms with Crippen molar-refractivity contribution in [3.8, 4) is 22.7 Å². The second-order valence-electron chi connectivity index (χ2n) is 6.34. The van der Waals surface area contributed by atoms with E-state index in [-0.39, 0.29) is 22.8 Å². The maximum atomic E-state index is 9.52. The molecule has 2 aromatic carbocycles. The van der Waals surface area contributed by atoms with Crippen LogP contribution in [0.1, 0.15) is 5.69 Å². The minimum Gasteiger partial charge on any atom is -0.508 e. The molecule has 29 heavy (non-hydrogen) atoms. The zero-order chi connectivity index (χ0) is 19.2. The third-order valence-electron chi connectivity index (χ3n) is 4.39. The molecule has 0 atom stereocenters. The Bertz CT molecular complexity index is 856. The zero-order valence-corrected chi connectivity index (χ0v) is 16.8. The van der Waals surface area contributed by atoms with E-state index in [4.69, 9.17) is 5.10 Å². The summed E-state index contributed by atoms with van der Waals surface area (Å²) >= 11 is 0. The number of hydrogen-bond donors (Lipinski definition) is 1. The van der Waals surface area contributed by atoms with Crippen LogP contribution in [0.3, 0.4) is 0 Å².